The molecule has 0 aliphatic carbocycles. The molecule has 0 aliphatic heterocycles. The number of rotatable bonds is 7. The summed E-state index contributed by atoms with van der Waals surface area (Å²) in [6.45, 7) is 8.50. The first kappa shape index (κ1) is 17.4. The molecule has 0 atom stereocenters. The van der Waals surface area contributed by atoms with Crippen LogP contribution in [0.5, 0.6) is 0 Å². The fourth-order valence-electron chi connectivity index (χ4n) is 2.19. The van der Waals surface area contributed by atoms with Crippen molar-refractivity contribution in [3.8, 4) is 0 Å². The van der Waals surface area contributed by atoms with Gasteiger partial charge in [-0.05, 0) is 25.0 Å². The zero-order valence-corrected chi connectivity index (χ0v) is 14.1. The summed E-state index contributed by atoms with van der Waals surface area (Å²) < 4.78 is 1.72. The van der Waals surface area contributed by atoms with Crippen LogP contribution in [0.4, 0.5) is 0 Å². The minimum atomic E-state index is -0.216. The Morgan fingerprint density at radius 2 is 2.08 bits per heavy atom. The molecule has 124 valence electrons. The molecule has 0 saturated carbocycles. The summed E-state index contributed by atoms with van der Waals surface area (Å²) in [6, 6.07) is 9.76. The first-order chi connectivity index (χ1) is 11.7. The van der Waals surface area contributed by atoms with Gasteiger partial charge in [-0.25, -0.2) is 4.68 Å². The van der Waals surface area contributed by atoms with Crippen LogP contribution in [0.15, 0.2) is 66.8 Å². The van der Waals surface area contributed by atoms with Crippen LogP contribution in [-0.4, -0.2) is 20.9 Å². The maximum absolute atomic E-state index is 12.3. The Morgan fingerprint density at radius 3 is 2.75 bits per heavy atom. The molecule has 0 radical (unpaired) electrons. The smallest absolute Gasteiger partial charge is 0.274 e. The van der Waals surface area contributed by atoms with E-state index in [1.807, 2.05) is 62.4 Å². The molecule has 1 heterocycles. The molecular formula is C19H22N4O. The summed E-state index contributed by atoms with van der Waals surface area (Å²) in [5, 5.41) is 11.0. The van der Waals surface area contributed by atoms with E-state index in [0.717, 1.165) is 16.8 Å². The summed E-state index contributed by atoms with van der Waals surface area (Å²) >= 11 is 0. The maximum atomic E-state index is 12.3. The first-order valence-electron chi connectivity index (χ1n) is 7.82. The minimum Gasteiger partial charge on any atom is -0.347 e. The predicted octanol–water partition coefficient (Wildman–Crippen LogP) is 3.21. The summed E-state index contributed by atoms with van der Waals surface area (Å²) in [5.74, 6) is -0.216. The van der Waals surface area contributed by atoms with Crippen LogP contribution < -0.4 is 5.32 Å². The molecule has 2 rings (SSSR count). The molecular weight excluding hydrogens is 300 g/mol. The van der Waals surface area contributed by atoms with Crippen molar-refractivity contribution in [3.63, 3.8) is 0 Å². The van der Waals surface area contributed by atoms with Gasteiger partial charge in [-0.2, -0.15) is 0 Å². The third-order valence-electron chi connectivity index (χ3n) is 3.64. The lowest BCUT2D eigenvalue weighted by Crippen LogP contribution is -2.24. The second-order valence-electron chi connectivity index (χ2n) is 5.31. The molecule has 0 bridgehead atoms. The average Bonchev–Trinajstić information content (AvgIpc) is 2.98. The number of allylic oxidation sites excluding steroid dienone is 5. The van der Waals surface area contributed by atoms with Crippen LogP contribution in [-0.2, 0) is 13.1 Å². The van der Waals surface area contributed by atoms with Gasteiger partial charge < -0.3 is 5.32 Å². The number of nitrogens with one attached hydrogen (secondary N) is 1. The number of hydrogen-bond acceptors (Lipinski definition) is 3. The monoisotopic (exact) mass is 322 g/mol. The lowest BCUT2D eigenvalue weighted by Gasteiger charge is -2.06. The first-order valence-corrected chi connectivity index (χ1v) is 7.82. The Hall–Kier alpha value is -2.95. The highest BCUT2D eigenvalue weighted by molar-refractivity contribution is 5.93. The summed E-state index contributed by atoms with van der Waals surface area (Å²) in [5.41, 5.74) is 3.21. The molecule has 1 aromatic heterocycles. The average molecular weight is 322 g/mol. The summed E-state index contributed by atoms with van der Waals surface area (Å²) in [6.07, 6.45) is 7.55. The molecule has 0 spiro atoms. The van der Waals surface area contributed by atoms with Crippen molar-refractivity contribution in [3.05, 3.63) is 83.7 Å². The molecule has 0 fully saturated rings. The van der Waals surface area contributed by atoms with Crippen LogP contribution in [0.25, 0.3) is 0 Å². The molecule has 1 amide bonds. The van der Waals surface area contributed by atoms with Crippen molar-refractivity contribution in [1.82, 2.24) is 20.3 Å². The van der Waals surface area contributed by atoms with E-state index in [9.17, 15) is 4.79 Å². The zero-order chi connectivity index (χ0) is 17.4. The number of carbonyl (C=O) groups excluding carboxylic acids is 1. The lowest BCUT2D eigenvalue weighted by molar-refractivity contribution is 0.0945. The van der Waals surface area contributed by atoms with E-state index in [1.54, 1.807) is 10.8 Å². The highest BCUT2D eigenvalue weighted by Gasteiger charge is 2.16. The van der Waals surface area contributed by atoms with Crippen LogP contribution in [0.1, 0.15) is 28.7 Å². The van der Waals surface area contributed by atoms with Gasteiger partial charge in [0.2, 0.25) is 0 Å². The highest BCUT2D eigenvalue weighted by atomic mass is 16.2. The van der Waals surface area contributed by atoms with Crippen LogP contribution in [0, 0.1) is 6.92 Å². The Kier molecular flexibility index (Phi) is 6.25. The second-order valence-corrected chi connectivity index (χ2v) is 5.31. The predicted molar refractivity (Wildman–Crippen MR) is 95.5 cm³/mol. The molecule has 0 aliphatic rings. The molecule has 5 heteroatoms. The Bertz CT molecular complexity index is 757. The lowest BCUT2D eigenvalue weighted by atomic mass is 10.2. The highest BCUT2D eigenvalue weighted by Crippen LogP contribution is 2.09. The maximum Gasteiger partial charge on any atom is 0.274 e. The number of aromatic nitrogens is 3. The number of nitrogens with zero attached hydrogens (tertiary/aromatic N) is 3. The number of hydrogen-bond donors (Lipinski definition) is 1. The van der Waals surface area contributed by atoms with Crippen LogP contribution in [0.2, 0.25) is 0 Å². The molecule has 1 N–H and O–H groups in total. The quantitative estimate of drug-likeness (QED) is 0.796. The third-order valence-corrected chi connectivity index (χ3v) is 3.64. The topological polar surface area (TPSA) is 59.8 Å². The largest absolute Gasteiger partial charge is 0.347 e. The molecule has 0 saturated heterocycles. The van der Waals surface area contributed by atoms with Crippen molar-refractivity contribution in [1.29, 1.82) is 0 Å². The zero-order valence-electron chi connectivity index (χ0n) is 14.1. The van der Waals surface area contributed by atoms with E-state index in [0.29, 0.717) is 18.8 Å². The normalized spacial score (nSPS) is 11.7. The summed E-state index contributed by atoms with van der Waals surface area (Å²) in [7, 11) is 0. The number of carbonyl (C=O) groups is 1. The molecule has 24 heavy (non-hydrogen) atoms. The van der Waals surface area contributed by atoms with E-state index in [-0.39, 0.29) is 5.91 Å². The molecule has 2 aromatic rings. The van der Waals surface area contributed by atoms with Crippen LogP contribution in [0.3, 0.4) is 0 Å². The number of benzene rings is 1. The fourth-order valence-corrected chi connectivity index (χ4v) is 2.19. The van der Waals surface area contributed by atoms with Crippen molar-refractivity contribution >= 4 is 5.91 Å². The Morgan fingerprint density at radius 1 is 1.33 bits per heavy atom. The fraction of sp³-hybridized carbons (Fsp3) is 0.211. The third kappa shape index (κ3) is 4.52. The van der Waals surface area contributed by atoms with Crippen molar-refractivity contribution in [2.75, 3.05) is 0 Å². The molecule has 0 unspecified atom stereocenters. The van der Waals surface area contributed by atoms with Gasteiger partial charge in [-0.15, -0.1) is 5.10 Å². The van der Waals surface area contributed by atoms with E-state index in [2.05, 4.69) is 22.2 Å². The van der Waals surface area contributed by atoms with Gasteiger partial charge >= 0.3 is 0 Å². The van der Waals surface area contributed by atoms with Crippen molar-refractivity contribution in [2.24, 2.45) is 0 Å². The van der Waals surface area contributed by atoms with Gasteiger partial charge in [0.25, 0.3) is 5.91 Å². The van der Waals surface area contributed by atoms with E-state index < -0.39 is 0 Å². The standard InChI is InChI=1S/C19H22N4O/c1-4-6-10-16(5-2)14-23-15(3)18(21-22-23)19(24)20-13-17-11-8-7-9-12-17/h4-12H,1,13-14H2,2-3H3,(H,20,24)/b10-6-,16-5+. The van der Waals surface area contributed by atoms with Gasteiger partial charge in [-0.1, -0.05) is 66.4 Å². The SMILES string of the molecule is C=C/C=C\C(=C/C)Cn1nnc(C(=O)NCc2ccccc2)c1C. The van der Waals surface area contributed by atoms with Gasteiger partial charge in [0.05, 0.1) is 12.2 Å². The summed E-state index contributed by atoms with van der Waals surface area (Å²) in [4.78, 5) is 12.3. The van der Waals surface area contributed by atoms with Gasteiger partial charge in [0, 0.05) is 6.54 Å². The molecule has 5 nitrogen and oxygen atoms in total. The van der Waals surface area contributed by atoms with E-state index in [1.165, 1.54) is 0 Å². The van der Waals surface area contributed by atoms with Gasteiger partial charge in [0.1, 0.15) is 0 Å². The second kappa shape index (κ2) is 8.62. The van der Waals surface area contributed by atoms with Crippen molar-refractivity contribution < 1.29 is 4.79 Å². The minimum absolute atomic E-state index is 0.216. The van der Waals surface area contributed by atoms with Crippen LogP contribution >= 0.6 is 0 Å². The Labute approximate surface area is 142 Å². The van der Waals surface area contributed by atoms with Gasteiger partial charge in [-0.3, -0.25) is 4.79 Å². The molecule has 1 aromatic carbocycles. The van der Waals surface area contributed by atoms with E-state index in [4.69, 9.17) is 0 Å². The Balaban J connectivity index is 2.04. The van der Waals surface area contributed by atoms with Crippen molar-refractivity contribution in [2.45, 2.75) is 26.9 Å². The number of amides is 1. The van der Waals surface area contributed by atoms with Gasteiger partial charge in [0.15, 0.2) is 5.69 Å². The van der Waals surface area contributed by atoms with E-state index >= 15 is 0 Å².